The van der Waals surface area contributed by atoms with Crippen molar-refractivity contribution in [1.29, 1.82) is 0 Å². The van der Waals surface area contributed by atoms with Gasteiger partial charge < -0.3 is 10.2 Å². The maximum atomic E-state index is 6.08. The highest BCUT2D eigenvalue weighted by molar-refractivity contribution is 6.28. The lowest BCUT2D eigenvalue weighted by molar-refractivity contribution is 0.465. The third-order valence-corrected chi connectivity index (χ3v) is 5.34. The summed E-state index contributed by atoms with van der Waals surface area (Å²) in [4.78, 5) is 15.3. The molecule has 3 aliphatic rings. The lowest BCUT2D eigenvalue weighted by atomic mass is 10.0. The molecule has 5 nitrogen and oxygen atoms in total. The number of nitrogens with one attached hydrogen (secondary N) is 1. The van der Waals surface area contributed by atoms with Gasteiger partial charge in [0.25, 0.3) is 0 Å². The maximum absolute atomic E-state index is 6.08. The summed E-state index contributed by atoms with van der Waals surface area (Å²) in [7, 11) is 0. The molecule has 0 amide bonds. The third-order valence-electron chi connectivity index (χ3n) is 5.17. The maximum Gasteiger partial charge on any atom is 0.231 e. The van der Waals surface area contributed by atoms with E-state index in [1.165, 1.54) is 44.9 Å². The van der Waals surface area contributed by atoms with Crippen LogP contribution < -0.4 is 10.2 Å². The van der Waals surface area contributed by atoms with Crippen LogP contribution in [-0.2, 0) is 0 Å². The van der Waals surface area contributed by atoms with Gasteiger partial charge in [-0.2, -0.15) is 15.0 Å². The first-order valence-corrected chi connectivity index (χ1v) is 8.53. The van der Waals surface area contributed by atoms with Gasteiger partial charge in [-0.3, -0.25) is 0 Å². The van der Waals surface area contributed by atoms with Gasteiger partial charge in [0.2, 0.25) is 17.2 Å². The quantitative estimate of drug-likeness (QED) is 0.906. The van der Waals surface area contributed by atoms with Crippen LogP contribution in [0.4, 0.5) is 11.9 Å². The zero-order chi connectivity index (χ0) is 14.3. The van der Waals surface area contributed by atoms with Crippen LogP contribution >= 0.6 is 11.6 Å². The molecule has 0 bridgehead atoms. The van der Waals surface area contributed by atoms with E-state index >= 15 is 0 Å². The van der Waals surface area contributed by atoms with Gasteiger partial charge in [0.1, 0.15) is 0 Å². The molecule has 114 valence electrons. The van der Waals surface area contributed by atoms with Gasteiger partial charge in [0, 0.05) is 19.6 Å². The van der Waals surface area contributed by atoms with Crippen molar-refractivity contribution in [2.24, 2.45) is 11.3 Å². The topological polar surface area (TPSA) is 53.9 Å². The van der Waals surface area contributed by atoms with Crippen molar-refractivity contribution in [1.82, 2.24) is 15.0 Å². The Labute approximate surface area is 130 Å². The third kappa shape index (κ3) is 2.93. The number of piperidine rings is 1. The summed E-state index contributed by atoms with van der Waals surface area (Å²) >= 11 is 6.08. The molecule has 0 aromatic carbocycles. The summed E-state index contributed by atoms with van der Waals surface area (Å²) in [5.74, 6) is 2.31. The highest BCUT2D eigenvalue weighted by atomic mass is 35.5. The predicted molar refractivity (Wildman–Crippen MR) is 83.8 cm³/mol. The van der Waals surface area contributed by atoms with Crippen LogP contribution in [0.15, 0.2) is 0 Å². The molecule has 3 fully saturated rings. The molecule has 1 N–H and O–H groups in total. The Hall–Kier alpha value is -1.10. The molecule has 21 heavy (non-hydrogen) atoms. The second kappa shape index (κ2) is 5.27. The summed E-state index contributed by atoms with van der Waals surface area (Å²) in [6, 6.07) is 0. The smallest absolute Gasteiger partial charge is 0.231 e. The van der Waals surface area contributed by atoms with E-state index in [-0.39, 0.29) is 0 Å². The summed E-state index contributed by atoms with van der Waals surface area (Å²) in [5, 5.41) is 3.71. The van der Waals surface area contributed by atoms with Crippen molar-refractivity contribution in [3.8, 4) is 0 Å². The molecule has 1 saturated heterocycles. The normalized spacial score (nSPS) is 24.0. The summed E-state index contributed by atoms with van der Waals surface area (Å²) < 4.78 is 0. The van der Waals surface area contributed by atoms with Gasteiger partial charge in [0.05, 0.1) is 0 Å². The van der Waals surface area contributed by atoms with E-state index in [4.69, 9.17) is 11.6 Å². The van der Waals surface area contributed by atoms with Crippen molar-refractivity contribution in [2.45, 2.75) is 44.9 Å². The number of nitrogens with zero attached hydrogens (tertiary/aromatic N) is 4. The van der Waals surface area contributed by atoms with Crippen LogP contribution in [0.5, 0.6) is 0 Å². The fraction of sp³-hybridized carbons (Fsp3) is 0.800. The van der Waals surface area contributed by atoms with E-state index < -0.39 is 0 Å². The standard InChI is InChI=1S/C15H22ClN5/c16-12-18-13(17-10-15(6-7-15)11-4-5-11)20-14(19-12)21-8-2-1-3-9-21/h11H,1-10H2,(H,17,18,19,20). The van der Waals surface area contributed by atoms with E-state index in [0.29, 0.717) is 16.6 Å². The summed E-state index contributed by atoms with van der Waals surface area (Å²) in [6.45, 7) is 3.02. The molecular formula is C15H22ClN5. The minimum Gasteiger partial charge on any atom is -0.353 e. The predicted octanol–water partition coefficient (Wildman–Crippen LogP) is 3.12. The van der Waals surface area contributed by atoms with E-state index in [2.05, 4.69) is 25.2 Å². The molecule has 0 unspecified atom stereocenters. The van der Waals surface area contributed by atoms with Crippen molar-refractivity contribution in [3.05, 3.63) is 5.28 Å². The fourth-order valence-corrected chi connectivity index (χ4v) is 3.65. The molecule has 1 aromatic rings. The Kier molecular flexibility index (Phi) is 3.40. The van der Waals surface area contributed by atoms with Crippen molar-refractivity contribution >= 4 is 23.5 Å². The Morgan fingerprint density at radius 2 is 1.86 bits per heavy atom. The van der Waals surface area contributed by atoms with Gasteiger partial charge in [0.15, 0.2) is 0 Å². The van der Waals surface area contributed by atoms with Gasteiger partial charge in [-0.1, -0.05) is 0 Å². The van der Waals surface area contributed by atoms with Gasteiger partial charge >= 0.3 is 0 Å². The lowest BCUT2D eigenvalue weighted by Gasteiger charge is -2.26. The average Bonchev–Trinajstić information content (AvgIpc) is 3.38. The van der Waals surface area contributed by atoms with Gasteiger partial charge in [-0.05, 0) is 67.9 Å². The monoisotopic (exact) mass is 307 g/mol. The second-order valence-corrected chi connectivity index (χ2v) is 7.10. The average molecular weight is 308 g/mol. The number of anilines is 2. The molecule has 1 aromatic heterocycles. The summed E-state index contributed by atoms with van der Waals surface area (Å²) in [6.07, 6.45) is 9.21. The number of hydrogen-bond acceptors (Lipinski definition) is 5. The van der Waals surface area contributed by atoms with E-state index in [0.717, 1.165) is 31.5 Å². The Morgan fingerprint density at radius 1 is 1.10 bits per heavy atom. The van der Waals surface area contributed by atoms with Crippen LogP contribution in [0.3, 0.4) is 0 Å². The minimum atomic E-state index is 0.296. The zero-order valence-corrected chi connectivity index (χ0v) is 13.1. The lowest BCUT2D eigenvalue weighted by Crippen LogP contribution is -2.31. The number of hydrogen-bond donors (Lipinski definition) is 1. The Balaban J connectivity index is 1.45. The van der Waals surface area contributed by atoms with Gasteiger partial charge in [-0.25, -0.2) is 0 Å². The molecule has 0 spiro atoms. The minimum absolute atomic E-state index is 0.296. The van der Waals surface area contributed by atoms with Crippen LogP contribution in [-0.4, -0.2) is 34.6 Å². The first-order chi connectivity index (χ1) is 10.3. The van der Waals surface area contributed by atoms with Crippen LogP contribution in [0, 0.1) is 11.3 Å². The zero-order valence-electron chi connectivity index (χ0n) is 12.3. The highest BCUT2D eigenvalue weighted by Crippen LogP contribution is 2.61. The Bertz CT molecular complexity index is 521. The van der Waals surface area contributed by atoms with E-state index in [1.807, 2.05) is 0 Å². The molecule has 2 saturated carbocycles. The SMILES string of the molecule is Clc1nc(NCC2(C3CC3)CC2)nc(N2CCCCC2)n1. The molecule has 2 heterocycles. The highest BCUT2D eigenvalue weighted by Gasteiger charge is 2.53. The largest absolute Gasteiger partial charge is 0.353 e. The first-order valence-electron chi connectivity index (χ1n) is 8.16. The fourth-order valence-electron chi connectivity index (χ4n) is 3.49. The molecular weight excluding hydrogens is 286 g/mol. The molecule has 1 aliphatic heterocycles. The molecule has 4 rings (SSSR count). The summed E-state index contributed by atoms with van der Waals surface area (Å²) in [5.41, 5.74) is 0.532. The van der Waals surface area contributed by atoms with Crippen molar-refractivity contribution < 1.29 is 0 Å². The molecule has 6 heteroatoms. The number of aromatic nitrogens is 3. The van der Waals surface area contributed by atoms with E-state index in [9.17, 15) is 0 Å². The van der Waals surface area contributed by atoms with Crippen molar-refractivity contribution in [3.63, 3.8) is 0 Å². The number of rotatable bonds is 5. The van der Waals surface area contributed by atoms with Crippen LogP contribution in [0.25, 0.3) is 0 Å². The van der Waals surface area contributed by atoms with E-state index in [1.54, 1.807) is 0 Å². The van der Waals surface area contributed by atoms with Crippen molar-refractivity contribution in [2.75, 3.05) is 29.9 Å². The van der Waals surface area contributed by atoms with Crippen LogP contribution in [0.1, 0.15) is 44.9 Å². The first kappa shape index (κ1) is 13.6. The Morgan fingerprint density at radius 3 is 2.52 bits per heavy atom. The van der Waals surface area contributed by atoms with Crippen LogP contribution in [0.2, 0.25) is 5.28 Å². The molecule has 0 radical (unpaired) electrons. The number of halogens is 1. The van der Waals surface area contributed by atoms with Gasteiger partial charge in [-0.15, -0.1) is 0 Å². The molecule has 2 aliphatic carbocycles. The second-order valence-electron chi connectivity index (χ2n) is 6.77. The molecule has 0 atom stereocenters.